The number of benzene rings is 1. The molecule has 0 saturated carbocycles. The summed E-state index contributed by atoms with van der Waals surface area (Å²) in [5, 5.41) is 3.45. The van der Waals surface area contributed by atoms with E-state index in [-0.39, 0.29) is 0 Å². The van der Waals surface area contributed by atoms with E-state index in [9.17, 15) is 0 Å². The molecule has 1 heteroatoms. The van der Waals surface area contributed by atoms with Gasteiger partial charge >= 0.3 is 0 Å². The van der Waals surface area contributed by atoms with Crippen molar-refractivity contribution in [2.45, 2.75) is 46.6 Å². The second-order valence-electron chi connectivity index (χ2n) is 5.92. The Kier molecular flexibility index (Phi) is 4.22. The molecule has 1 nitrogen and oxygen atoms in total. The predicted molar refractivity (Wildman–Crippen MR) is 74.2 cm³/mol. The Labute approximate surface area is 106 Å². The SMILES string of the molecule is CC(C)CC(C)Cc1cccc2c1CCNC2. The Bertz CT molecular complexity index is 368. The van der Waals surface area contributed by atoms with Crippen molar-refractivity contribution in [3.8, 4) is 0 Å². The molecule has 2 rings (SSSR count). The zero-order valence-electron chi connectivity index (χ0n) is 11.4. The fourth-order valence-corrected chi connectivity index (χ4v) is 3.07. The van der Waals surface area contributed by atoms with E-state index in [0.717, 1.165) is 24.9 Å². The molecule has 1 aromatic carbocycles. The van der Waals surface area contributed by atoms with Gasteiger partial charge in [-0.1, -0.05) is 39.0 Å². The van der Waals surface area contributed by atoms with Gasteiger partial charge in [0.1, 0.15) is 0 Å². The first-order valence-corrected chi connectivity index (χ1v) is 6.97. The monoisotopic (exact) mass is 231 g/mol. The fourth-order valence-electron chi connectivity index (χ4n) is 3.07. The number of nitrogens with one attached hydrogen (secondary N) is 1. The summed E-state index contributed by atoms with van der Waals surface area (Å²) in [5.74, 6) is 1.61. The van der Waals surface area contributed by atoms with Gasteiger partial charge in [0.2, 0.25) is 0 Å². The summed E-state index contributed by atoms with van der Waals surface area (Å²) >= 11 is 0. The molecule has 1 heterocycles. The minimum absolute atomic E-state index is 0.802. The molecule has 1 unspecified atom stereocenters. The second kappa shape index (κ2) is 5.68. The van der Waals surface area contributed by atoms with Crippen molar-refractivity contribution in [2.75, 3.05) is 6.54 Å². The molecule has 1 atom stereocenters. The lowest BCUT2D eigenvalue weighted by Gasteiger charge is -2.22. The van der Waals surface area contributed by atoms with Gasteiger partial charge in [-0.2, -0.15) is 0 Å². The van der Waals surface area contributed by atoms with E-state index >= 15 is 0 Å². The summed E-state index contributed by atoms with van der Waals surface area (Å²) in [6.45, 7) is 9.23. The van der Waals surface area contributed by atoms with Crippen molar-refractivity contribution in [1.29, 1.82) is 0 Å². The lowest BCUT2D eigenvalue weighted by atomic mass is 9.87. The molecule has 1 aliphatic heterocycles. The zero-order valence-corrected chi connectivity index (χ0v) is 11.4. The minimum Gasteiger partial charge on any atom is -0.312 e. The summed E-state index contributed by atoms with van der Waals surface area (Å²) in [6.07, 6.45) is 3.79. The number of hydrogen-bond acceptors (Lipinski definition) is 1. The molecule has 0 aliphatic carbocycles. The van der Waals surface area contributed by atoms with Gasteiger partial charge in [0.15, 0.2) is 0 Å². The molecular weight excluding hydrogens is 206 g/mol. The first-order valence-electron chi connectivity index (χ1n) is 6.97. The van der Waals surface area contributed by atoms with Gasteiger partial charge < -0.3 is 5.32 Å². The molecule has 0 fully saturated rings. The Morgan fingerprint density at radius 2 is 2.06 bits per heavy atom. The summed E-state index contributed by atoms with van der Waals surface area (Å²) < 4.78 is 0. The minimum atomic E-state index is 0.802. The molecule has 0 amide bonds. The number of fused-ring (bicyclic) bond motifs is 1. The van der Waals surface area contributed by atoms with E-state index in [2.05, 4.69) is 44.3 Å². The van der Waals surface area contributed by atoms with Crippen molar-refractivity contribution >= 4 is 0 Å². The molecule has 0 bridgehead atoms. The van der Waals surface area contributed by atoms with Crippen LogP contribution < -0.4 is 5.32 Å². The molecule has 1 N–H and O–H groups in total. The van der Waals surface area contributed by atoms with Crippen LogP contribution >= 0.6 is 0 Å². The van der Waals surface area contributed by atoms with E-state index in [1.54, 1.807) is 11.1 Å². The van der Waals surface area contributed by atoms with Crippen LogP contribution in [0.1, 0.15) is 43.9 Å². The zero-order chi connectivity index (χ0) is 12.3. The predicted octanol–water partition coefficient (Wildman–Crippen LogP) is 3.56. The van der Waals surface area contributed by atoms with E-state index in [4.69, 9.17) is 0 Å². The van der Waals surface area contributed by atoms with Crippen molar-refractivity contribution in [3.05, 3.63) is 34.9 Å². The van der Waals surface area contributed by atoms with E-state index in [1.165, 1.54) is 24.8 Å². The third-order valence-corrected chi connectivity index (χ3v) is 3.68. The summed E-state index contributed by atoms with van der Waals surface area (Å²) in [4.78, 5) is 0. The van der Waals surface area contributed by atoms with Crippen LogP contribution in [0.5, 0.6) is 0 Å². The molecule has 0 saturated heterocycles. The number of rotatable bonds is 4. The van der Waals surface area contributed by atoms with Crippen LogP contribution in [0.25, 0.3) is 0 Å². The fraction of sp³-hybridized carbons (Fsp3) is 0.625. The van der Waals surface area contributed by atoms with Gasteiger partial charge in [-0.3, -0.25) is 0 Å². The van der Waals surface area contributed by atoms with Gasteiger partial charge in [-0.05, 0) is 54.3 Å². The first-order chi connectivity index (χ1) is 8.16. The Hall–Kier alpha value is -0.820. The highest BCUT2D eigenvalue weighted by Crippen LogP contribution is 2.23. The van der Waals surface area contributed by atoms with Gasteiger partial charge in [0, 0.05) is 6.54 Å². The highest BCUT2D eigenvalue weighted by atomic mass is 14.9. The molecule has 1 aromatic rings. The van der Waals surface area contributed by atoms with E-state index in [0.29, 0.717) is 0 Å². The first kappa shape index (κ1) is 12.6. The summed E-state index contributed by atoms with van der Waals surface area (Å²) in [5.41, 5.74) is 4.74. The second-order valence-corrected chi connectivity index (χ2v) is 5.92. The molecule has 0 aromatic heterocycles. The molecule has 94 valence electrons. The Morgan fingerprint density at radius 1 is 1.24 bits per heavy atom. The normalized spacial score (nSPS) is 16.9. The maximum atomic E-state index is 3.45. The Morgan fingerprint density at radius 3 is 2.82 bits per heavy atom. The standard InChI is InChI=1S/C16H25N/c1-12(2)9-13(3)10-14-5-4-6-15-11-17-8-7-16(14)15/h4-6,12-13,17H,7-11H2,1-3H3. The number of hydrogen-bond donors (Lipinski definition) is 1. The Balaban J connectivity index is 2.10. The highest BCUT2D eigenvalue weighted by Gasteiger charge is 2.14. The molecule has 0 radical (unpaired) electrons. The van der Waals surface area contributed by atoms with Crippen LogP contribution in [0.4, 0.5) is 0 Å². The summed E-state index contributed by atoms with van der Waals surface area (Å²) in [7, 11) is 0. The van der Waals surface area contributed by atoms with Crippen molar-refractivity contribution in [2.24, 2.45) is 11.8 Å². The largest absolute Gasteiger partial charge is 0.312 e. The van der Waals surface area contributed by atoms with E-state index < -0.39 is 0 Å². The molecular formula is C16H25N. The topological polar surface area (TPSA) is 12.0 Å². The van der Waals surface area contributed by atoms with Crippen LogP contribution in [0.2, 0.25) is 0 Å². The average molecular weight is 231 g/mol. The van der Waals surface area contributed by atoms with Crippen LogP contribution in [0, 0.1) is 11.8 Å². The quantitative estimate of drug-likeness (QED) is 0.835. The summed E-state index contributed by atoms with van der Waals surface area (Å²) in [6, 6.07) is 6.84. The van der Waals surface area contributed by atoms with Crippen molar-refractivity contribution in [3.63, 3.8) is 0 Å². The molecule has 0 spiro atoms. The van der Waals surface area contributed by atoms with Gasteiger partial charge in [-0.25, -0.2) is 0 Å². The molecule has 1 aliphatic rings. The van der Waals surface area contributed by atoms with Gasteiger partial charge in [0.25, 0.3) is 0 Å². The smallest absolute Gasteiger partial charge is 0.0208 e. The van der Waals surface area contributed by atoms with Crippen LogP contribution in [0.15, 0.2) is 18.2 Å². The third kappa shape index (κ3) is 3.32. The maximum Gasteiger partial charge on any atom is 0.0208 e. The van der Waals surface area contributed by atoms with Gasteiger partial charge in [0.05, 0.1) is 0 Å². The van der Waals surface area contributed by atoms with Crippen molar-refractivity contribution in [1.82, 2.24) is 5.32 Å². The maximum absolute atomic E-state index is 3.45. The van der Waals surface area contributed by atoms with Crippen molar-refractivity contribution < 1.29 is 0 Å². The third-order valence-electron chi connectivity index (χ3n) is 3.68. The highest BCUT2D eigenvalue weighted by molar-refractivity contribution is 5.37. The molecule has 17 heavy (non-hydrogen) atoms. The lowest BCUT2D eigenvalue weighted by Crippen LogP contribution is -2.25. The van der Waals surface area contributed by atoms with Crippen LogP contribution in [-0.4, -0.2) is 6.54 Å². The van der Waals surface area contributed by atoms with Crippen LogP contribution in [-0.2, 0) is 19.4 Å². The van der Waals surface area contributed by atoms with Gasteiger partial charge in [-0.15, -0.1) is 0 Å². The van der Waals surface area contributed by atoms with E-state index in [1.807, 2.05) is 0 Å². The average Bonchev–Trinajstić information content (AvgIpc) is 2.28. The lowest BCUT2D eigenvalue weighted by molar-refractivity contribution is 0.435. The van der Waals surface area contributed by atoms with Crippen LogP contribution in [0.3, 0.4) is 0 Å².